The summed E-state index contributed by atoms with van der Waals surface area (Å²) in [5.41, 5.74) is 2.65. The van der Waals surface area contributed by atoms with Crippen molar-refractivity contribution < 1.29 is 0 Å². The maximum Gasteiger partial charge on any atom is -0.0181 e. The second kappa shape index (κ2) is 26.0. The molecule has 0 aromatic heterocycles. The van der Waals surface area contributed by atoms with Crippen LogP contribution in [0.3, 0.4) is 0 Å². The summed E-state index contributed by atoms with van der Waals surface area (Å²) in [5.74, 6) is 0.833. The molecule has 0 heteroatoms. The summed E-state index contributed by atoms with van der Waals surface area (Å²) >= 11 is 0. The lowest BCUT2D eigenvalue weighted by molar-refractivity contribution is 0.737. The zero-order chi connectivity index (χ0) is 27.6. The van der Waals surface area contributed by atoms with Crippen molar-refractivity contribution >= 4 is 21.5 Å². The normalized spacial score (nSPS) is 8.51. The van der Waals surface area contributed by atoms with E-state index in [2.05, 4.69) is 133 Å². The van der Waals surface area contributed by atoms with E-state index in [1.54, 1.807) is 0 Å². The van der Waals surface area contributed by atoms with Crippen LogP contribution in [0, 0.1) is 19.8 Å². The molecule has 4 aromatic carbocycles. The van der Waals surface area contributed by atoms with Crippen LogP contribution in [0.25, 0.3) is 21.5 Å². The van der Waals surface area contributed by atoms with Crippen molar-refractivity contribution in [1.29, 1.82) is 0 Å². The fourth-order valence-electron chi connectivity index (χ4n) is 2.62. The Kier molecular flexibility index (Phi) is 27.5. The standard InChI is InChI=1S/2C11H10.C4H10.C3H8.3C2H6/c2*1-9-6-7-10-4-2-3-5-11(10)8-9;1-4(2)3;1-3-2;3*1-2/h2*2-8H,1H3;4H,1-3H3;3H2,1-2H3;3*1-2H3. The largest absolute Gasteiger partial charge is 0.0683 e. The molecule has 4 rings (SSSR count). The van der Waals surface area contributed by atoms with Gasteiger partial charge >= 0.3 is 0 Å². The molecule has 0 aliphatic carbocycles. The van der Waals surface area contributed by atoms with Crippen LogP contribution in [0.4, 0.5) is 0 Å². The molecule has 0 saturated carbocycles. The summed E-state index contributed by atoms with van der Waals surface area (Å²) in [4.78, 5) is 0. The molecule has 35 heavy (non-hydrogen) atoms. The maximum atomic E-state index is 2.20. The van der Waals surface area contributed by atoms with Crippen LogP contribution >= 0.6 is 0 Å². The average molecular weight is 477 g/mol. The van der Waals surface area contributed by atoms with E-state index in [1.807, 2.05) is 41.5 Å². The van der Waals surface area contributed by atoms with E-state index in [0.717, 1.165) is 5.92 Å². The number of aryl methyl sites for hydroxylation is 2. The Morgan fingerprint density at radius 2 is 0.686 bits per heavy atom. The summed E-state index contributed by atoms with van der Waals surface area (Å²) in [5, 5.41) is 5.29. The molecule has 0 bridgehead atoms. The van der Waals surface area contributed by atoms with Gasteiger partial charge in [0.25, 0.3) is 0 Å². The van der Waals surface area contributed by atoms with Gasteiger partial charge in [0.05, 0.1) is 0 Å². The molecule has 0 fully saturated rings. The second-order valence-electron chi connectivity index (χ2n) is 8.14. The van der Waals surface area contributed by atoms with Crippen molar-refractivity contribution in [2.45, 2.75) is 96.4 Å². The van der Waals surface area contributed by atoms with E-state index in [-0.39, 0.29) is 0 Å². The van der Waals surface area contributed by atoms with E-state index in [4.69, 9.17) is 0 Å². The topological polar surface area (TPSA) is 0 Å². The third-order valence-electron chi connectivity index (χ3n) is 3.81. The molecular weight excluding hydrogens is 420 g/mol. The van der Waals surface area contributed by atoms with E-state index in [9.17, 15) is 0 Å². The Hall–Kier alpha value is -2.60. The lowest BCUT2D eigenvalue weighted by atomic mass is 10.1. The van der Waals surface area contributed by atoms with Crippen molar-refractivity contribution in [3.8, 4) is 0 Å². The van der Waals surface area contributed by atoms with Crippen molar-refractivity contribution in [1.82, 2.24) is 0 Å². The third kappa shape index (κ3) is 19.4. The number of hydrogen-bond donors (Lipinski definition) is 0. The first-order chi connectivity index (χ1) is 16.9. The van der Waals surface area contributed by atoms with Gasteiger partial charge in [-0.2, -0.15) is 0 Å². The highest BCUT2D eigenvalue weighted by Gasteiger charge is 1.90. The SMILES string of the molecule is CC.CC.CC.CC(C)C.CCC.Cc1ccc2ccccc2c1.Cc1ccc2ccccc2c1. The van der Waals surface area contributed by atoms with Gasteiger partial charge in [-0.15, -0.1) is 0 Å². The number of rotatable bonds is 0. The molecule has 0 atom stereocenters. The molecule has 0 heterocycles. The van der Waals surface area contributed by atoms with Crippen LogP contribution in [0.5, 0.6) is 0 Å². The fourth-order valence-corrected chi connectivity index (χ4v) is 2.62. The summed E-state index contributed by atoms with van der Waals surface area (Å²) in [6.45, 7) is 27.0. The number of fused-ring (bicyclic) bond motifs is 2. The fraction of sp³-hybridized carbons (Fsp3) is 0.429. The van der Waals surface area contributed by atoms with Crippen molar-refractivity contribution in [3.05, 3.63) is 96.1 Å². The summed E-state index contributed by atoms with van der Waals surface area (Å²) in [6.07, 6.45) is 1.25. The molecule has 196 valence electrons. The molecule has 0 nitrogen and oxygen atoms in total. The van der Waals surface area contributed by atoms with Gasteiger partial charge in [-0.05, 0) is 41.3 Å². The van der Waals surface area contributed by atoms with E-state index >= 15 is 0 Å². The molecule has 0 spiro atoms. The smallest absolute Gasteiger partial charge is 0.0181 e. The van der Waals surface area contributed by atoms with Crippen LogP contribution in [0.2, 0.25) is 0 Å². The zero-order valence-corrected chi connectivity index (χ0v) is 25.4. The predicted molar refractivity (Wildman–Crippen MR) is 168 cm³/mol. The first kappa shape index (κ1) is 37.0. The average Bonchev–Trinajstić information content (AvgIpc) is 2.88. The lowest BCUT2D eigenvalue weighted by Gasteiger charge is -1.96. The van der Waals surface area contributed by atoms with Crippen LogP contribution in [0.1, 0.15) is 93.7 Å². The summed E-state index contributed by atoms with van der Waals surface area (Å²) in [7, 11) is 0. The Bertz CT molecular complexity index is 883. The van der Waals surface area contributed by atoms with Crippen molar-refractivity contribution in [3.63, 3.8) is 0 Å². The predicted octanol–water partition coefficient (Wildman–Crippen LogP) is 12.5. The van der Waals surface area contributed by atoms with Crippen LogP contribution < -0.4 is 0 Å². The number of hydrogen-bond acceptors (Lipinski definition) is 0. The Morgan fingerprint density at radius 1 is 0.457 bits per heavy atom. The van der Waals surface area contributed by atoms with Gasteiger partial charge < -0.3 is 0 Å². The van der Waals surface area contributed by atoms with Crippen LogP contribution in [-0.4, -0.2) is 0 Å². The minimum atomic E-state index is 0.833. The summed E-state index contributed by atoms with van der Waals surface area (Å²) in [6, 6.07) is 29.8. The summed E-state index contributed by atoms with van der Waals surface area (Å²) < 4.78 is 0. The number of benzene rings is 4. The Morgan fingerprint density at radius 3 is 0.943 bits per heavy atom. The molecule has 0 N–H and O–H groups in total. The molecule has 0 aliphatic heterocycles. The molecule has 0 radical (unpaired) electrons. The minimum absolute atomic E-state index is 0.833. The third-order valence-corrected chi connectivity index (χ3v) is 3.81. The highest BCUT2D eigenvalue weighted by molar-refractivity contribution is 5.83. The highest BCUT2D eigenvalue weighted by Crippen LogP contribution is 2.15. The first-order valence-electron chi connectivity index (χ1n) is 13.8. The quantitative estimate of drug-likeness (QED) is 0.237. The molecule has 0 amide bonds. The molecular formula is C35H56. The first-order valence-corrected chi connectivity index (χ1v) is 13.8. The minimum Gasteiger partial charge on any atom is -0.0683 e. The van der Waals surface area contributed by atoms with Gasteiger partial charge in [0.1, 0.15) is 0 Å². The molecule has 0 aliphatic rings. The zero-order valence-electron chi connectivity index (χ0n) is 25.4. The lowest BCUT2D eigenvalue weighted by Crippen LogP contribution is -1.73. The monoisotopic (exact) mass is 476 g/mol. The van der Waals surface area contributed by atoms with E-state index < -0.39 is 0 Å². The van der Waals surface area contributed by atoms with E-state index in [0.29, 0.717) is 0 Å². The van der Waals surface area contributed by atoms with Crippen molar-refractivity contribution in [2.24, 2.45) is 5.92 Å². The van der Waals surface area contributed by atoms with Crippen LogP contribution in [-0.2, 0) is 0 Å². The van der Waals surface area contributed by atoms with Crippen molar-refractivity contribution in [2.75, 3.05) is 0 Å². The van der Waals surface area contributed by atoms with Gasteiger partial charge in [0.15, 0.2) is 0 Å². The van der Waals surface area contributed by atoms with E-state index in [1.165, 1.54) is 39.1 Å². The van der Waals surface area contributed by atoms with Gasteiger partial charge in [-0.25, -0.2) is 0 Å². The van der Waals surface area contributed by atoms with Gasteiger partial charge in [0.2, 0.25) is 0 Å². The Balaban J connectivity index is -0.000000400. The molecule has 4 aromatic rings. The highest BCUT2D eigenvalue weighted by atomic mass is 14.0. The maximum absolute atomic E-state index is 2.20. The van der Waals surface area contributed by atoms with Gasteiger partial charge in [0, 0.05) is 0 Å². The van der Waals surface area contributed by atoms with Gasteiger partial charge in [-0.1, -0.05) is 179 Å². The molecule has 0 unspecified atom stereocenters. The molecule has 0 saturated heterocycles. The van der Waals surface area contributed by atoms with Gasteiger partial charge in [-0.3, -0.25) is 0 Å². The van der Waals surface area contributed by atoms with Crippen LogP contribution in [0.15, 0.2) is 84.9 Å². The second-order valence-corrected chi connectivity index (χ2v) is 8.14. The Labute approximate surface area is 219 Å².